The van der Waals surface area contributed by atoms with Gasteiger partial charge in [-0.1, -0.05) is 129 Å². The van der Waals surface area contributed by atoms with Gasteiger partial charge in [0.2, 0.25) is 0 Å². The van der Waals surface area contributed by atoms with Crippen molar-refractivity contribution in [2.24, 2.45) is 5.92 Å². The Balaban J connectivity index is 2.03. The summed E-state index contributed by atoms with van der Waals surface area (Å²) < 4.78 is 5.60. The van der Waals surface area contributed by atoms with Crippen LogP contribution in [0.15, 0.2) is 0 Å². The Morgan fingerprint density at radius 3 is 1.21 bits per heavy atom. The van der Waals surface area contributed by atoms with Crippen molar-refractivity contribution in [3.05, 3.63) is 0 Å². The number of hydrogen-bond acceptors (Lipinski definition) is 2. The monoisotopic (exact) mass is 396 g/mol. The minimum atomic E-state index is -0.777. The van der Waals surface area contributed by atoms with Crippen LogP contribution >= 0.6 is 0 Å². The first-order valence-corrected chi connectivity index (χ1v) is 13.1. The molecule has 2 unspecified atom stereocenters. The molecular formula is C26H52O2. The second-order valence-corrected chi connectivity index (χ2v) is 9.37. The molecule has 0 aliphatic carbocycles. The van der Waals surface area contributed by atoms with Gasteiger partial charge in [0, 0.05) is 12.3 Å². The van der Waals surface area contributed by atoms with Crippen LogP contribution in [0.4, 0.5) is 0 Å². The van der Waals surface area contributed by atoms with Crippen LogP contribution < -0.4 is 0 Å². The number of hydrogen-bond donors (Lipinski definition) is 1. The van der Waals surface area contributed by atoms with Gasteiger partial charge in [-0.3, -0.25) is 0 Å². The van der Waals surface area contributed by atoms with Gasteiger partial charge in [-0.15, -0.1) is 0 Å². The summed E-state index contributed by atoms with van der Waals surface area (Å²) in [6, 6.07) is 0. The lowest BCUT2D eigenvalue weighted by atomic mass is 9.83. The van der Waals surface area contributed by atoms with Crippen molar-refractivity contribution in [2.75, 3.05) is 6.61 Å². The molecule has 1 saturated heterocycles. The van der Waals surface area contributed by atoms with E-state index in [-0.39, 0.29) is 0 Å². The second kappa shape index (κ2) is 17.8. The van der Waals surface area contributed by atoms with Crippen LogP contribution in [0.1, 0.15) is 149 Å². The molecule has 1 rings (SSSR count). The molecule has 1 heterocycles. The molecule has 0 spiro atoms. The molecule has 0 saturated carbocycles. The predicted octanol–water partition coefficient (Wildman–Crippen LogP) is 8.55. The van der Waals surface area contributed by atoms with Gasteiger partial charge in [-0.05, 0) is 12.8 Å². The summed E-state index contributed by atoms with van der Waals surface area (Å²) in [4.78, 5) is 0. The molecule has 168 valence electrons. The summed E-state index contributed by atoms with van der Waals surface area (Å²) in [6.45, 7) is 5.32. The van der Waals surface area contributed by atoms with Crippen molar-refractivity contribution in [1.29, 1.82) is 0 Å². The van der Waals surface area contributed by atoms with Gasteiger partial charge in [-0.2, -0.15) is 0 Å². The van der Waals surface area contributed by atoms with Crippen molar-refractivity contribution in [3.8, 4) is 0 Å². The zero-order chi connectivity index (χ0) is 20.3. The molecular weight excluding hydrogens is 344 g/mol. The van der Waals surface area contributed by atoms with Crippen LogP contribution in [0.25, 0.3) is 0 Å². The fourth-order valence-corrected chi connectivity index (χ4v) is 4.63. The number of ether oxygens (including phenoxy) is 1. The lowest BCUT2D eigenvalue weighted by Crippen LogP contribution is -2.50. The lowest BCUT2D eigenvalue weighted by molar-refractivity contribution is -0.312. The Kier molecular flexibility index (Phi) is 16.5. The SMILES string of the molecule is CCCCCCCCCCCCC(CCCCCCCCCC)C1(O)CCO1. The molecule has 2 heteroatoms. The van der Waals surface area contributed by atoms with Crippen LogP contribution in [0.2, 0.25) is 0 Å². The summed E-state index contributed by atoms with van der Waals surface area (Å²) in [5.41, 5.74) is 0. The van der Waals surface area contributed by atoms with E-state index in [1.165, 1.54) is 116 Å². The highest BCUT2D eigenvalue weighted by Gasteiger charge is 2.42. The van der Waals surface area contributed by atoms with Crippen molar-refractivity contribution >= 4 is 0 Å². The zero-order valence-corrected chi connectivity index (χ0v) is 19.5. The maximum Gasteiger partial charge on any atom is 0.170 e. The molecule has 1 aliphatic rings. The molecule has 1 fully saturated rings. The third kappa shape index (κ3) is 12.5. The maximum atomic E-state index is 10.7. The quantitative estimate of drug-likeness (QED) is 0.197. The molecule has 0 aromatic heterocycles. The summed E-state index contributed by atoms with van der Waals surface area (Å²) in [6.07, 6.45) is 27.9. The minimum Gasteiger partial charge on any atom is -0.365 e. The molecule has 0 radical (unpaired) electrons. The highest BCUT2D eigenvalue weighted by atomic mass is 16.6. The van der Waals surface area contributed by atoms with Gasteiger partial charge in [0.05, 0.1) is 6.61 Å². The molecule has 28 heavy (non-hydrogen) atoms. The molecule has 0 aromatic rings. The Hall–Kier alpha value is -0.0800. The van der Waals surface area contributed by atoms with Crippen LogP contribution in [0.5, 0.6) is 0 Å². The first-order valence-electron chi connectivity index (χ1n) is 13.1. The maximum absolute atomic E-state index is 10.7. The van der Waals surface area contributed by atoms with Gasteiger partial charge in [0.15, 0.2) is 5.79 Å². The van der Waals surface area contributed by atoms with Gasteiger partial charge in [0.25, 0.3) is 0 Å². The van der Waals surface area contributed by atoms with Crippen LogP contribution in [0, 0.1) is 5.92 Å². The standard InChI is InChI=1S/C26H52O2/c1-3-5-7-9-11-13-14-16-18-20-22-25(26(27)23-24-28-26)21-19-17-15-12-10-8-6-4-2/h25,27H,3-24H2,1-2H3. The lowest BCUT2D eigenvalue weighted by Gasteiger charge is -2.43. The molecule has 0 amide bonds. The van der Waals surface area contributed by atoms with E-state index in [4.69, 9.17) is 4.74 Å². The summed E-state index contributed by atoms with van der Waals surface area (Å²) in [7, 11) is 0. The largest absolute Gasteiger partial charge is 0.365 e. The first-order chi connectivity index (χ1) is 13.7. The highest BCUT2D eigenvalue weighted by Crippen LogP contribution is 2.38. The molecule has 0 aromatic carbocycles. The predicted molar refractivity (Wildman–Crippen MR) is 123 cm³/mol. The highest BCUT2D eigenvalue weighted by molar-refractivity contribution is 4.84. The van der Waals surface area contributed by atoms with E-state index in [9.17, 15) is 5.11 Å². The minimum absolute atomic E-state index is 0.371. The Morgan fingerprint density at radius 2 is 0.929 bits per heavy atom. The summed E-state index contributed by atoms with van der Waals surface area (Å²) >= 11 is 0. The van der Waals surface area contributed by atoms with E-state index < -0.39 is 5.79 Å². The number of aliphatic hydroxyl groups is 1. The molecule has 0 bridgehead atoms. The van der Waals surface area contributed by atoms with Gasteiger partial charge >= 0.3 is 0 Å². The van der Waals surface area contributed by atoms with E-state index in [0.717, 1.165) is 25.9 Å². The smallest absolute Gasteiger partial charge is 0.170 e. The van der Waals surface area contributed by atoms with Crippen molar-refractivity contribution in [1.82, 2.24) is 0 Å². The third-order valence-electron chi connectivity index (χ3n) is 6.76. The molecule has 1 aliphatic heterocycles. The average molecular weight is 397 g/mol. The molecule has 2 nitrogen and oxygen atoms in total. The van der Waals surface area contributed by atoms with Gasteiger partial charge in [0.1, 0.15) is 0 Å². The zero-order valence-electron chi connectivity index (χ0n) is 19.5. The fourth-order valence-electron chi connectivity index (χ4n) is 4.63. The third-order valence-corrected chi connectivity index (χ3v) is 6.76. The molecule has 1 N–H and O–H groups in total. The average Bonchev–Trinajstić information content (AvgIpc) is 2.68. The van der Waals surface area contributed by atoms with E-state index in [1.807, 2.05) is 0 Å². The topological polar surface area (TPSA) is 29.5 Å². The molecule has 2 atom stereocenters. The Morgan fingerprint density at radius 1 is 0.607 bits per heavy atom. The van der Waals surface area contributed by atoms with Crippen molar-refractivity contribution < 1.29 is 9.84 Å². The van der Waals surface area contributed by atoms with E-state index >= 15 is 0 Å². The van der Waals surface area contributed by atoms with E-state index in [0.29, 0.717) is 5.92 Å². The summed E-state index contributed by atoms with van der Waals surface area (Å²) in [5.74, 6) is -0.407. The van der Waals surface area contributed by atoms with Gasteiger partial charge in [-0.25, -0.2) is 0 Å². The van der Waals surface area contributed by atoms with Gasteiger partial charge < -0.3 is 9.84 Å². The van der Waals surface area contributed by atoms with Crippen molar-refractivity contribution in [2.45, 2.75) is 154 Å². The van der Waals surface area contributed by atoms with Crippen LogP contribution in [0.3, 0.4) is 0 Å². The normalized spacial score (nSPS) is 20.2. The summed E-state index contributed by atoms with van der Waals surface area (Å²) in [5, 5.41) is 10.7. The van der Waals surface area contributed by atoms with Crippen LogP contribution in [-0.2, 0) is 4.74 Å². The fraction of sp³-hybridized carbons (Fsp3) is 1.00. The second-order valence-electron chi connectivity index (χ2n) is 9.37. The van der Waals surface area contributed by atoms with E-state index in [1.54, 1.807) is 0 Å². The van der Waals surface area contributed by atoms with Crippen molar-refractivity contribution in [3.63, 3.8) is 0 Å². The van der Waals surface area contributed by atoms with E-state index in [2.05, 4.69) is 13.8 Å². The Labute approximate surface area is 177 Å². The Bertz CT molecular complexity index is 324. The first kappa shape index (κ1) is 26.0. The van der Waals surface area contributed by atoms with Crippen LogP contribution in [-0.4, -0.2) is 17.5 Å². The number of rotatable bonds is 21. The number of unbranched alkanes of at least 4 members (excludes halogenated alkanes) is 16.